The number of carbonyl (C=O) groups is 1. The van der Waals surface area contributed by atoms with Crippen molar-refractivity contribution in [1.29, 1.82) is 0 Å². The van der Waals surface area contributed by atoms with Gasteiger partial charge in [0.1, 0.15) is 0 Å². The van der Waals surface area contributed by atoms with Crippen LogP contribution < -0.4 is 4.74 Å². The summed E-state index contributed by atoms with van der Waals surface area (Å²) in [5, 5.41) is 0.441. The van der Waals surface area contributed by atoms with Crippen molar-refractivity contribution in [2.24, 2.45) is 11.8 Å². The zero-order valence-corrected chi connectivity index (χ0v) is 14.6. The molecule has 22 heavy (non-hydrogen) atoms. The van der Waals surface area contributed by atoms with Gasteiger partial charge in [0.25, 0.3) is 0 Å². The van der Waals surface area contributed by atoms with Crippen molar-refractivity contribution in [2.45, 2.75) is 34.0 Å². The summed E-state index contributed by atoms with van der Waals surface area (Å²) >= 11 is 11.9. The Labute approximate surface area is 140 Å². The van der Waals surface area contributed by atoms with Crippen LogP contribution in [0.4, 0.5) is 4.79 Å². The third kappa shape index (κ3) is 5.43. The molecule has 6 heteroatoms. The summed E-state index contributed by atoms with van der Waals surface area (Å²) in [7, 11) is 0. The summed E-state index contributed by atoms with van der Waals surface area (Å²) in [6.45, 7) is 11.4. The molecule has 0 saturated carbocycles. The zero-order valence-electron chi connectivity index (χ0n) is 13.1. The number of benzene rings is 1. The second kappa shape index (κ2) is 8.30. The van der Waals surface area contributed by atoms with Crippen molar-refractivity contribution in [3.63, 3.8) is 0 Å². The van der Waals surface area contributed by atoms with Gasteiger partial charge in [0.05, 0.1) is 15.8 Å². The molecule has 0 fully saturated rings. The van der Waals surface area contributed by atoms with Gasteiger partial charge in [0.2, 0.25) is 6.29 Å². The van der Waals surface area contributed by atoms with Gasteiger partial charge in [-0.2, -0.15) is 0 Å². The molecule has 4 nitrogen and oxygen atoms in total. The fourth-order valence-electron chi connectivity index (χ4n) is 1.36. The van der Waals surface area contributed by atoms with Gasteiger partial charge >= 0.3 is 6.16 Å². The second-order valence-electron chi connectivity index (χ2n) is 5.37. The van der Waals surface area contributed by atoms with E-state index in [1.807, 2.05) is 27.7 Å². The van der Waals surface area contributed by atoms with Crippen LogP contribution in [-0.4, -0.2) is 12.4 Å². The lowest BCUT2D eigenvalue weighted by Crippen LogP contribution is -2.28. The highest BCUT2D eigenvalue weighted by Crippen LogP contribution is 2.32. The van der Waals surface area contributed by atoms with Crippen molar-refractivity contribution in [1.82, 2.24) is 0 Å². The molecule has 0 N–H and O–H groups in total. The molecular weight excluding hydrogens is 327 g/mol. The Morgan fingerprint density at radius 2 is 1.64 bits per heavy atom. The standard InChI is InChI=1S/C16H20Cl2O4/c1-9(2)11(5)20-15(10(3)4)22-16(19)21-14-12(17)7-6-8-13(14)18/h6-10,15H,5H2,1-4H3. The lowest BCUT2D eigenvalue weighted by Gasteiger charge is -2.24. The van der Waals surface area contributed by atoms with Crippen molar-refractivity contribution >= 4 is 29.4 Å². The molecule has 0 aromatic heterocycles. The molecule has 0 spiro atoms. The van der Waals surface area contributed by atoms with Crippen LogP contribution in [0, 0.1) is 11.8 Å². The van der Waals surface area contributed by atoms with Gasteiger partial charge in [0.15, 0.2) is 5.75 Å². The number of rotatable bonds is 6. The first-order chi connectivity index (χ1) is 10.2. The van der Waals surface area contributed by atoms with E-state index in [0.717, 1.165) is 0 Å². The number of carbonyl (C=O) groups excluding carboxylic acids is 1. The first-order valence-electron chi connectivity index (χ1n) is 6.90. The molecule has 0 aliphatic carbocycles. The predicted octanol–water partition coefficient (Wildman–Crippen LogP) is 5.68. The fraction of sp³-hybridized carbons (Fsp3) is 0.438. The summed E-state index contributed by atoms with van der Waals surface area (Å²) < 4.78 is 15.8. The number of ether oxygens (including phenoxy) is 3. The normalized spacial score (nSPS) is 12.2. The lowest BCUT2D eigenvalue weighted by molar-refractivity contribution is -0.116. The maximum Gasteiger partial charge on any atom is 0.517 e. The Morgan fingerprint density at radius 3 is 2.09 bits per heavy atom. The predicted molar refractivity (Wildman–Crippen MR) is 87.3 cm³/mol. The van der Waals surface area contributed by atoms with Gasteiger partial charge in [-0.1, -0.05) is 63.5 Å². The van der Waals surface area contributed by atoms with E-state index in [1.165, 1.54) is 0 Å². The number of para-hydroxylation sites is 1. The molecular formula is C16H20Cl2O4. The Balaban J connectivity index is 2.74. The monoisotopic (exact) mass is 346 g/mol. The summed E-state index contributed by atoms with van der Waals surface area (Å²) in [6, 6.07) is 4.77. The third-order valence-corrected chi connectivity index (χ3v) is 3.37. The van der Waals surface area contributed by atoms with Crippen LogP contribution in [0.25, 0.3) is 0 Å². The van der Waals surface area contributed by atoms with Crippen LogP contribution in [0.3, 0.4) is 0 Å². The summed E-state index contributed by atoms with van der Waals surface area (Å²) in [6.07, 6.45) is -1.74. The Hall–Kier alpha value is -1.39. The van der Waals surface area contributed by atoms with Crippen molar-refractivity contribution in [3.05, 3.63) is 40.6 Å². The molecule has 1 aromatic rings. The van der Waals surface area contributed by atoms with Gasteiger partial charge in [-0.15, -0.1) is 0 Å². The first-order valence-corrected chi connectivity index (χ1v) is 7.65. The van der Waals surface area contributed by atoms with E-state index in [-0.39, 0.29) is 27.6 Å². The molecule has 0 bridgehead atoms. The summed E-state index contributed by atoms with van der Waals surface area (Å²) in [4.78, 5) is 11.9. The molecule has 0 saturated heterocycles. The molecule has 122 valence electrons. The van der Waals surface area contributed by atoms with E-state index in [2.05, 4.69) is 6.58 Å². The van der Waals surface area contributed by atoms with E-state index < -0.39 is 12.4 Å². The molecule has 1 rings (SSSR count). The van der Waals surface area contributed by atoms with Crippen LogP contribution in [0.15, 0.2) is 30.5 Å². The number of hydrogen-bond donors (Lipinski definition) is 0. The molecule has 1 unspecified atom stereocenters. The van der Waals surface area contributed by atoms with Crippen LogP contribution in [-0.2, 0) is 9.47 Å². The fourth-order valence-corrected chi connectivity index (χ4v) is 1.84. The van der Waals surface area contributed by atoms with Crippen LogP contribution in [0.5, 0.6) is 5.75 Å². The average Bonchev–Trinajstić information content (AvgIpc) is 2.42. The molecule has 0 radical (unpaired) electrons. The second-order valence-corrected chi connectivity index (χ2v) is 6.19. The van der Waals surface area contributed by atoms with E-state index >= 15 is 0 Å². The minimum absolute atomic E-state index is 0.0565. The Kier molecular flexibility index (Phi) is 7.04. The number of halogens is 2. The maximum absolute atomic E-state index is 11.9. The van der Waals surface area contributed by atoms with Crippen LogP contribution in [0.1, 0.15) is 27.7 Å². The van der Waals surface area contributed by atoms with E-state index in [9.17, 15) is 4.79 Å². The molecule has 0 heterocycles. The number of hydrogen-bond acceptors (Lipinski definition) is 4. The van der Waals surface area contributed by atoms with Gasteiger partial charge in [-0.3, -0.25) is 0 Å². The third-order valence-electron chi connectivity index (χ3n) is 2.77. The molecule has 1 aromatic carbocycles. The molecule has 1 atom stereocenters. The maximum atomic E-state index is 11.9. The van der Waals surface area contributed by atoms with Crippen LogP contribution in [0.2, 0.25) is 10.0 Å². The van der Waals surface area contributed by atoms with Crippen molar-refractivity contribution < 1.29 is 19.0 Å². The highest BCUT2D eigenvalue weighted by molar-refractivity contribution is 6.37. The lowest BCUT2D eigenvalue weighted by atomic mass is 10.2. The van der Waals surface area contributed by atoms with Crippen molar-refractivity contribution in [2.75, 3.05) is 0 Å². The Morgan fingerprint density at radius 1 is 1.09 bits per heavy atom. The van der Waals surface area contributed by atoms with Crippen LogP contribution >= 0.6 is 23.2 Å². The quantitative estimate of drug-likeness (QED) is 0.288. The van der Waals surface area contributed by atoms with Gasteiger partial charge < -0.3 is 14.2 Å². The van der Waals surface area contributed by atoms with E-state index in [4.69, 9.17) is 37.4 Å². The Bertz CT molecular complexity index is 521. The average molecular weight is 347 g/mol. The number of allylic oxidation sites excluding steroid dienone is 1. The van der Waals surface area contributed by atoms with Gasteiger partial charge in [-0.05, 0) is 12.1 Å². The topological polar surface area (TPSA) is 44.8 Å². The molecule has 0 amide bonds. The highest BCUT2D eigenvalue weighted by Gasteiger charge is 2.24. The summed E-state index contributed by atoms with van der Waals surface area (Å²) in [5.74, 6) is 0.618. The van der Waals surface area contributed by atoms with E-state index in [1.54, 1.807) is 18.2 Å². The molecule has 0 aliphatic heterocycles. The molecule has 0 aliphatic rings. The largest absolute Gasteiger partial charge is 0.517 e. The summed E-state index contributed by atoms with van der Waals surface area (Å²) in [5.41, 5.74) is 0. The van der Waals surface area contributed by atoms with Crippen molar-refractivity contribution in [3.8, 4) is 5.75 Å². The highest BCUT2D eigenvalue weighted by atomic mass is 35.5. The first kappa shape index (κ1) is 18.7. The van der Waals surface area contributed by atoms with Gasteiger partial charge in [0, 0.05) is 11.8 Å². The minimum Gasteiger partial charge on any atom is -0.459 e. The zero-order chi connectivity index (χ0) is 16.9. The SMILES string of the molecule is C=C(OC(OC(=O)Oc1c(Cl)cccc1Cl)C(C)C)C(C)C. The smallest absolute Gasteiger partial charge is 0.459 e. The van der Waals surface area contributed by atoms with E-state index in [0.29, 0.717) is 5.76 Å². The van der Waals surface area contributed by atoms with Gasteiger partial charge in [-0.25, -0.2) is 4.79 Å². The minimum atomic E-state index is -0.940.